The Morgan fingerprint density at radius 2 is 1.69 bits per heavy atom. The summed E-state index contributed by atoms with van der Waals surface area (Å²) >= 11 is 0. The topological polar surface area (TPSA) is 21.3 Å². The van der Waals surface area contributed by atoms with Crippen molar-refractivity contribution in [2.45, 2.75) is 81.9 Å². The smallest absolute Gasteiger partial charge is 0.0697 e. The first kappa shape index (κ1) is 11.0. The highest BCUT2D eigenvalue weighted by molar-refractivity contribution is 4.93. The van der Waals surface area contributed by atoms with Crippen molar-refractivity contribution in [2.24, 2.45) is 0 Å². The van der Waals surface area contributed by atoms with Crippen LogP contribution in [0.2, 0.25) is 0 Å². The van der Waals surface area contributed by atoms with E-state index in [0.29, 0.717) is 0 Å². The van der Waals surface area contributed by atoms with Gasteiger partial charge in [-0.25, -0.2) is 0 Å². The molecule has 0 bridgehead atoms. The number of hydrogen-bond acceptors (Lipinski definition) is 2. The highest BCUT2D eigenvalue weighted by Crippen LogP contribution is 2.39. The summed E-state index contributed by atoms with van der Waals surface area (Å²) in [6, 6.07) is 1.58. The normalized spacial score (nSPS) is 34.9. The highest BCUT2D eigenvalue weighted by Gasteiger charge is 2.39. The van der Waals surface area contributed by atoms with E-state index in [2.05, 4.69) is 5.32 Å². The van der Waals surface area contributed by atoms with Gasteiger partial charge >= 0.3 is 0 Å². The average Bonchev–Trinajstić information content (AvgIpc) is 2.25. The van der Waals surface area contributed by atoms with Crippen LogP contribution >= 0.6 is 0 Å². The summed E-state index contributed by atoms with van der Waals surface area (Å²) < 4.78 is 6.13. The molecule has 2 nitrogen and oxygen atoms in total. The van der Waals surface area contributed by atoms with E-state index in [9.17, 15) is 0 Å². The third kappa shape index (κ3) is 2.28. The molecule has 16 heavy (non-hydrogen) atoms. The maximum absolute atomic E-state index is 6.13. The predicted octanol–water partition coefficient (Wildman–Crippen LogP) is 3.01. The molecule has 0 aromatic heterocycles. The molecule has 1 spiro atoms. The molecule has 0 amide bonds. The molecule has 1 saturated heterocycles. The van der Waals surface area contributed by atoms with Gasteiger partial charge in [-0.05, 0) is 38.5 Å². The Morgan fingerprint density at radius 3 is 2.38 bits per heavy atom. The molecule has 3 aliphatic rings. The van der Waals surface area contributed by atoms with Crippen LogP contribution in [0.3, 0.4) is 0 Å². The molecule has 2 aliphatic carbocycles. The lowest BCUT2D eigenvalue weighted by atomic mass is 9.77. The van der Waals surface area contributed by atoms with Crippen molar-refractivity contribution in [3.63, 3.8) is 0 Å². The van der Waals surface area contributed by atoms with E-state index >= 15 is 0 Å². The van der Waals surface area contributed by atoms with Crippen LogP contribution in [0.25, 0.3) is 0 Å². The standard InChI is InChI=1S/C14H25NO/c1-2-8-14(9-3-1)11-13(7-10-16-14)15-12-5-4-6-12/h12-13,15H,1-11H2. The molecule has 1 N–H and O–H groups in total. The van der Waals surface area contributed by atoms with Gasteiger partial charge in [0, 0.05) is 18.7 Å². The van der Waals surface area contributed by atoms with Crippen molar-refractivity contribution >= 4 is 0 Å². The van der Waals surface area contributed by atoms with Gasteiger partial charge in [-0.2, -0.15) is 0 Å². The second kappa shape index (κ2) is 4.66. The molecular formula is C14H25NO. The van der Waals surface area contributed by atoms with Gasteiger partial charge in [-0.3, -0.25) is 0 Å². The van der Waals surface area contributed by atoms with Crippen LogP contribution in [0.15, 0.2) is 0 Å². The van der Waals surface area contributed by atoms with Crippen LogP contribution in [-0.2, 0) is 4.74 Å². The summed E-state index contributed by atoms with van der Waals surface area (Å²) in [7, 11) is 0. The molecule has 3 fully saturated rings. The SMILES string of the molecule is C1CCC2(CC1)CC(NC1CCC1)CCO2. The van der Waals surface area contributed by atoms with Crippen LogP contribution in [0.4, 0.5) is 0 Å². The molecule has 2 saturated carbocycles. The Kier molecular flexibility index (Phi) is 3.21. The molecule has 0 aromatic carbocycles. The summed E-state index contributed by atoms with van der Waals surface area (Å²) in [5, 5.41) is 3.85. The fourth-order valence-electron chi connectivity index (χ4n) is 3.62. The summed E-state index contributed by atoms with van der Waals surface area (Å²) in [6.45, 7) is 0.990. The zero-order valence-electron chi connectivity index (χ0n) is 10.3. The van der Waals surface area contributed by atoms with E-state index < -0.39 is 0 Å². The third-order valence-electron chi connectivity index (χ3n) is 4.83. The quantitative estimate of drug-likeness (QED) is 0.777. The number of hydrogen-bond donors (Lipinski definition) is 1. The van der Waals surface area contributed by atoms with Gasteiger partial charge in [0.25, 0.3) is 0 Å². The number of rotatable bonds is 2. The lowest BCUT2D eigenvalue weighted by Crippen LogP contribution is -2.51. The second-order valence-electron chi connectivity index (χ2n) is 6.08. The molecule has 2 heteroatoms. The Bertz CT molecular complexity index is 225. The van der Waals surface area contributed by atoms with Crippen molar-refractivity contribution in [2.75, 3.05) is 6.61 Å². The van der Waals surface area contributed by atoms with Crippen LogP contribution in [0.5, 0.6) is 0 Å². The van der Waals surface area contributed by atoms with Crippen molar-refractivity contribution < 1.29 is 4.74 Å². The van der Waals surface area contributed by atoms with E-state index in [4.69, 9.17) is 4.74 Å². The van der Waals surface area contributed by atoms with Crippen LogP contribution in [-0.4, -0.2) is 24.3 Å². The fraction of sp³-hybridized carbons (Fsp3) is 1.00. The first-order valence-corrected chi connectivity index (χ1v) is 7.26. The summed E-state index contributed by atoms with van der Waals surface area (Å²) in [4.78, 5) is 0. The lowest BCUT2D eigenvalue weighted by molar-refractivity contribution is -0.110. The van der Waals surface area contributed by atoms with Gasteiger partial charge in [0.2, 0.25) is 0 Å². The maximum atomic E-state index is 6.13. The Morgan fingerprint density at radius 1 is 0.875 bits per heavy atom. The minimum atomic E-state index is 0.276. The lowest BCUT2D eigenvalue weighted by Gasteiger charge is -2.45. The van der Waals surface area contributed by atoms with E-state index in [1.54, 1.807) is 0 Å². The largest absolute Gasteiger partial charge is 0.375 e. The van der Waals surface area contributed by atoms with Crippen molar-refractivity contribution in [3.8, 4) is 0 Å². The van der Waals surface area contributed by atoms with Crippen molar-refractivity contribution in [1.29, 1.82) is 0 Å². The van der Waals surface area contributed by atoms with Gasteiger partial charge < -0.3 is 10.1 Å². The third-order valence-corrected chi connectivity index (χ3v) is 4.83. The van der Waals surface area contributed by atoms with Crippen LogP contribution in [0.1, 0.15) is 64.2 Å². The van der Waals surface area contributed by atoms with Gasteiger partial charge in [0.05, 0.1) is 5.60 Å². The molecule has 0 aromatic rings. The van der Waals surface area contributed by atoms with Crippen molar-refractivity contribution in [1.82, 2.24) is 5.32 Å². The number of ether oxygens (including phenoxy) is 1. The minimum Gasteiger partial charge on any atom is -0.375 e. The molecule has 1 unspecified atom stereocenters. The molecule has 92 valence electrons. The molecule has 0 radical (unpaired) electrons. The first-order valence-electron chi connectivity index (χ1n) is 7.26. The monoisotopic (exact) mass is 223 g/mol. The zero-order valence-corrected chi connectivity index (χ0v) is 10.3. The average molecular weight is 223 g/mol. The Balaban J connectivity index is 1.55. The molecule has 1 atom stereocenters. The summed E-state index contributed by atoms with van der Waals surface area (Å²) in [6.07, 6.45) is 13.6. The molecule has 1 aliphatic heterocycles. The number of nitrogens with one attached hydrogen (secondary N) is 1. The molecular weight excluding hydrogens is 198 g/mol. The first-order chi connectivity index (χ1) is 7.86. The second-order valence-corrected chi connectivity index (χ2v) is 6.08. The Hall–Kier alpha value is -0.0800. The minimum absolute atomic E-state index is 0.276. The van der Waals surface area contributed by atoms with E-state index in [0.717, 1.165) is 18.7 Å². The summed E-state index contributed by atoms with van der Waals surface area (Å²) in [5.41, 5.74) is 0.276. The summed E-state index contributed by atoms with van der Waals surface area (Å²) in [5.74, 6) is 0. The van der Waals surface area contributed by atoms with Gasteiger partial charge in [0.15, 0.2) is 0 Å². The Labute approximate surface area is 99.1 Å². The zero-order chi connectivity index (χ0) is 10.8. The van der Waals surface area contributed by atoms with Crippen LogP contribution in [0, 0.1) is 0 Å². The van der Waals surface area contributed by atoms with Gasteiger partial charge in [0.1, 0.15) is 0 Å². The van der Waals surface area contributed by atoms with Gasteiger partial charge in [-0.15, -0.1) is 0 Å². The maximum Gasteiger partial charge on any atom is 0.0697 e. The highest BCUT2D eigenvalue weighted by atomic mass is 16.5. The van der Waals surface area contributed by atoms with Gasteiger partial charge in [-0.1, -0.05) is 25.7 Å². The van der Waals surface area contributed by atoms with E-state index in [1.807, 2.05) is 0 Å². The molecule has 3 rings (SSSR count). The van der Waals surface area contributed by atoms with E-state index in [1.165, 1.54) is 64.2 Å². The predicted molar refractivity (Wildman–Crippen MR) is 65.6 cm³/mol. The van der Waals surface area contributed by atoms with E-state index in [-0.39, 0.29) is 5.60 Å². The fourth-order valence-corrected chi connectivity index (χ4v) is 3.62. The van der Waals surface area contributed by atoms with Crippen LogP contribution < -0.4 is 5.32 Å². The molecule has 1 heterocycles. The van der Waals surface area contributed by atoms with Crippen molar-refractivity contribution in [3.05, 3.63) is 0 Å².